The highest BCUT2D eigenvalue weighted by molar-refractivity contribution is 7.09. The van der Waals surface area contributed by atoms with Gasteiger partial charge in [-0.3, -0.25) is 0 Å². The van der Waals surface area contributed by atoms with E-state index in [1.54, 1.807) is 23.3 Å². The molecule has 0 aliphatic heterocycles. The Balaban J connectivity index is 2.34. The molecule has 1 aromatic heterocycles. The minimum Gasteiger partial charge on any atom is -0.338 e. The zero-order valence-corrected chi connectivity index (χ0v) is 10.9. The fraction of sp³-hybridized carbons (Fsp3) is 0.636. The van der Waals surface area contributed by atoms with Crippen LogP contribution in [-0.2, 0) is 6.54 Å². The molecular weight excluding hydrogens is 222 g/mol. The SMILES string of the molecule is CCCCNC(=O)N(C)Cc1csc(C)n1. The van der Waals surface area contributed by atoms with E-state index in [0.29, 0.717) is 6.54 Å². The number of rotatable bonds is 5. The number of aryl methyl sites for hydroxylation is 1. The number of nitrogens with one attached hydrogen (secondary N) is 1. The average molecular weight is 241 g/mol. The van der Waals surface area contributed by atoms with Gasteiger partial charge in [-0.15, -0.1) is 11.3 Å². The Morgan fingerprint density at radius 2 is 2.38 bits per heavy atom. The normalized spacial score (nSPS) is 10.2. The molecule has 0 saturated carbocycles. The maximum Gasteiger partial charge on any atom is 0.317 e. The van der Waals surface area contributed by atoms with E-state index < -0.39 is 0 Å². The molecule has 0 radical (unpaired) electrons. The predicted molar refractivity (Wildman–Crippen MR) is 66.6 cm³/mol. The van der Waals surface area contributed by atoms with Crippen LogP contribution in [0.4, 0.5) is 4.79 Å². The number of amides is 2. The molecule has 1 aromatic rings. The first-order valence-corrected chi connectivity index (χ1v) is 6.41. The summed E-state index contributed by atoms with van der Waals surface area (Å²) in [6.45, 7) is 5.39. The fourth-order valence-electron chi connectivity index (χ4n) is 1.30. The van der Waals surface area contributed by atoms with Crippen LogP contribution in [0.15, 0.2) is 5.38 Å². The second kappa shape index (κ2) is 6.48. The number of carbonyl (C=O) groups is 1. The van der Waals surface area contributed by atoms with E-state index in [9.17, 15) is 4.79 Å². The quantitative estimate of drug-likeness (QED) is 0.805. The third-order valence-corrected chi connectivity index (χ3v) is 3.04. The van der Waals surface area contributed by atoms with Crippen molar-refractivity contribution in [3.05, 3.63) is 16.1 Å². The third kappa shape index (κ3) is 4.18. The smallest absolute Gasteiger partial charge is 0.317 e. The Hall–Kier alpha value is -1.10. The lowest BCUT2D eigenvalue weighted by molar-refractivity contribution is 0.206. The number of urea groups is 1. The average Bonchev–Trinajstić information content (AvgIpc) is 2.64. The lowest BCUT2D eigenvalue weighted by Crippen LogP contribution is -2.37. The van der Waals surface area contributed by atoms with Crippen molar-refractivity contribution < 1.29 is 4.79 Å². The molecule has 0 unspecified atom stereocenters. The molecule has 1 N–H and O–H groups in total. The zero-order valence-electron chi connectivity index (χ0n) is 10.1. The molecule has 1 heterocycles. The molecule has 0 bridgehead atoms. The van der Waals surface area contributed by atoms with Crippen LogP contribution in [0.3, 0.4) is 0 Å². The zero-order chi connectivity index (χ0) is 12.0. The highest BCUT2D eigenvalue weighted by atomic mass is 32.1. The number of hydrogen-bond donors (Lipinski definition) is 1. The van der Waals surface area contributed by atoms with Crippen LogP contribution < -0.4 is 5.32 Å². The van der Waals surface area contributed by atoms with Gasteiger partial charge in [0.25, 0.3) is 0 Å². The molecule has 0 saturated heterocycles. The monoisotopic (exact) mass is 241 g/mol. The standard InChI is InChI=1S/C11H19N3OS/c1-4-5-6-12-11(15)14(3)7-10-8-16-9(2)13-10/h8H,4-7H2,1-3H3,(H,12,15). The first-order valence-electron chi connectivity index (χ1n) is 5.53. The lowest BCUT2D eigenvalue weighted by atomic mass is 10.3. The van der Waals surface area contributed by atoms with Gasteiger partial charge < -0.3 is 10.2 Å². The minimum absolute atomic E-state index is 0.0286. The van der Waals surface area contributed by atoms with E-state index >= 15 is 0 Å². The molecule has 2 amide bonds. The van der Waals surface area contributed by atoms with Gasteiger partial charge in [0.05, 0.1) is 17.2 Å². The molecular formula is C11H19N3OS. The summed E-state index contributed by atoms with van der Waals surface area (Å²) in [5, 5.41) is 5.90. The minimum atomic E-state index is -0.0286. The van der Waals surface area contributed by atoms with E-state index in [2.05, 4.69) is 17.2 Å². The number of nitrogens with zero attached hydrogens (tertiary/aromatic N) is 2. The summed E-state index contributed by atoms with van der Waals surface area (Å²) in [7, 11) is 1.79. The molecule has 0 aromatic carbocycles. The summed E-state index contributed by atoms with van der Waals surface area (Å²) < 4.78 is 0. The van der Waals surface area contributed by atoms with Gasteiger partial charge in [0.1, 0.15) is 0 Å². The first-order chi connectivity index (χ1) is 7.63. The molecule has 1 rings (SSSR count). The fourth-order valence-corrected chi connectivity index (χ4v) is 1.91. The van der Waals surface area contributed by atoms with Crippen molar-refractivity contribution in [2.75, 3.05) is 13.6 Å². The van der Waals surface area contributed by atoms with Gasteiger partial charge in [0.15, 0.2) is 0 Å². The predicted octanol–water partition coefficient (Wildman–Crippen LogP) is 2.39. The summed E-state index contributed by atoms with van der Waals surface area (Å²) in [4.78, 5) is 17.6. The Kier molecular flexibility index (Phi) is 5.25. The lowest BCUT2D eigenvalue weighted by Gasteiger charge is -2.16. The summed E-state index contributed by atoms with van der Waals surface area (Å²) in [5.41, 5.74) is 0.954. The molecule has 0 aliphatic rings. The van der Waals surface area contributed by atoms with Crippen molar-refractivity contribution in [1.82, 2.24) is 15.2 Å². The van der Waals surface area contributed by atoms with Crippen LogP contribution in [0.5, 0.6) is 0 Å². The van der Waals surface area contributed by atoms with Gasteiger partial charge in [-0.25, -0.2) is 9.78 Å². The van der Waals surface area contributed by atoms with Gasteiger partial charge in [-0.05, 0) is 13.3 Å². The molecule has 0 aliphatic carbocycles. The van der Waals surface area contributed by atoms with Gasteiger partial charge >= 0.3 is 6.03 Å². The molecule has 0 spiro atoms. The van der Waals surface area contributed by atoms with Crippen LogP contribution in [-0.4, -0.2) is 29.5 Å². The van der Waals surface area contributed by atoms with Crippen molar-refractivity contribution in [1.29, 1.82) is 0 Å². The van der Waals surface area contributed by atoms with Gasteiger partial charge in [-0.1, -0.05) is 13.3 Å². The Morgan fingerprint density at radius 1 is 1.62 bits per heavy atom. The molecule has 0 fully saturated rings. The topological polar surface area (TPSA) is 45.2 Å². The van der Waals surface area contributed by atoms with Crippen LogP contribution in [0, 0.1) is 6.92 Å². The Morgan fingerprint density at radius 3 is 2.94 bits per heavy atom. The first kappa shape index (κ1) is 13.0. The summed E-state index contributed by atoms with van der Waals surface area (Å²) in [6.07, 6.45) is 2.12. The molecule has 16 heavy (non-hydrogen) atoms. The molecule has 0 atom stereocenters. The van der Waals surface area contributed by atoms with Gasteiger partial charge in [-0.2, -0.15) is 0 Å². The van der Waals surface area contributed by atoms with Crippen molar-refractivity contribution in [3.8, 4) is 0 Å². The molecule has 5 heteroatoms. The molecule has 90 valence electrons. The second-order valence-electron chi connectivity index (χ2n) is 3.80. The van der Waals surface area contributed by atoms with Crippen LogP contribution >= 0.6 is 11.3 Å². The number of unbranched alkanes of at least 4 members (excludes halogenated alkanes) is 1. The van der Waals surface area contributed by atoms with Crippen molar-refractivity contribution in [2.45, 2.75) is 33.2 Å². The highest BCUT2D eigenvalue weighted by Crippen LogP contribution is 2.09. The molecule has 4 nitrogen and oxygen atoms in total. The largest absolute Gasteiger partial charge is 0.338 e. The maximum absolute atomic E-state index is 11.6. The Bertz CT molecular complexity index is 338. The third-order valence-electron chi connectivity index (χ3n) is 2.22. The highest BCUT2D eigenvalue weighted by Gasteiger charge is 2.09. The van der Waals surface area contributed by atoms with E-state index in [1.165, 1.54) is 0 Å². The van der Waals surface area contributed by atoms with Crippen LogP contribution in [0.2, 0.25) is 0 Å². The van der Waals surface area contributed by atoms with E-state index in [1.807, 2.05) is 12.3 Å². The Labute approximate surface area is 101 Å². The number of carbonyl (C=O) groups excluding carboxylic acids is 1. The van der Waals surface area contributed by atoms with E-state index in [4.69, 9.17) is 0 Å². The van der Waals surface area contributed by atoms with Gasteiger partial charge in [0.2, 0.25) is 0 Å². The van der Waals surface area contributed by atoms with Crippen LogP contribution in [0.1, 0.15) is 30.5 Å². The summed E-state index contributed by atoms with van der Waals surface area (Å²) >= 11 is 1.61. The maximum atomic E-state index is 11.6. The number of aromatic nitrogens is 1. The van der Waals surface area contributed by atoms with Crippen LogP contribution in [0.25, 0.3) is 0 Å². The summed E-state index contributed by atoms with van der Waals surface area (Å²) in [5.74, 6) is 0. The van der Waals surface area contributed by atoms with Crippen molar-refractivity contribution in [2.24, 2.45) is 0 Å². The number of hydrogen-bond acceptors (Lipinski definition) is 3. The number of thiazole rings is 1. The summed E-state index contributed by atoms with van der Waals surface area (Å²) in [6, 6.07) is -0.0286. The van der Waals surface area contributed by atoms with E-state index in [0.717, 1.165) is 30.1 Å². The van der Waals surface area contributed by atoms with Crippen molar-refractivity contribution >= 4 is 17.4 Å². The van der Waals surface area contributed by atoms with Crippen molar-refractivity contribution in [3.63, 3.8) is 0 Å². The van der Waals surface area contributed by atoms with E-state index in [-0.39, 0.29) is 6.03 Å². The van der Waals surface area contributed by atoms with Gasteiger partial charge in [0, 0.05) is 19.0 Å². The second-order valence-corrected chi connectivity index (χ2v) is 4.86.